The molecule has 1 aromatic carbocycles. The van der Waals surface area contributed by atoms with Gasteiger partial charge in [-0.3, -0.25) is 4.79 Å². The fourth-order valence-electron chi connectivity index (χ4n) is 1.84. The average molecular weight is 233 g/mol. The van der Waals surface area contributed by atoms with Gasteiger partial charge in [0.25, 0.3) is 0 Å². The Labute approximate surface area is 99.8 Å². The smallest absolute Gasteiger partial charge is 0.320 e. The van der Waals surface area contributed by atoms with Crippen molar-refractivity contribution in [3.8, 4) is 0 Å². The van der Waals surface area contributed by atoms with Crippen LogP contribution in [0.15, 0.2) is 24.3 Å². The molecule has 0 radical (unpaired) electrons. The van der Waals surface area contributed by atoms with Gasteiger partial charge in [0.2, 0.25) is 5.91 Å². The number of likely N-dealkylation sites (N-methyl/N-ethyl adjacent to an activating group) is 1. The first-order chi connectivity index (χ1) is 8.08. The lowest BCUT2D eigenvalue weighted by Gasteiger charge is -2.15. The van der Waals surface area contributed by atoms with Crippen LogP contribution in [0.4, 0.5) is 4.79 Å². The maximum atomic E-state index is 11.7. The summed E-state index contributed by atoms with van der Waals surface area (Å²) in [7, 11) is 1.79. The van der Waals surface area contributed by atoms with E-state index < -0.39 is 5.91 Å². The number of rotatable bonds is 3. The Balaban J connectivity index is 2.04. The second kappa shape index (κ2) is 4.45. The Bertz CT molecular complexity index is 442. The van der Waals surface area contributed by atoms with E-state index in [2.05, 4.69) is 0 Å². The lowest BCUT2D eigenvalue weighted by molar-refractivity contribution is 0.1000. The molecular formula is C12H15N3O2. The number of primary amides is 1. The van der Waals surface area contributed by atoms with E-state index in [1.54, 1.807) is 29.0 Å². The van der Waals surface area contributed by atoms with Gasteiger partial charge in [-0.05, 0) is 17.7 Å². The number of urea groups is 1. The Hall–Kier alpha value is -2.04. The molecule has 5 heteroatoms. The Morgan fingerprint density at radius 3 is 2.41 bits per heavy atom. The highest BCUT2D eigenvalue weighted by atomic mass is 16.2. The molecule has 1 aliphatic rings. The minimum absolute atomic E-state index is 0.0453. The summed E-state index contributed by atoms with van der Waals surface area (Å²) in [5, 5.41) is 0. The number of amides is 3. The number of carbonyl (C=O) groups is 2. The molecular weight excluding hydrogens is 218 g/mol. The highest BCUT2D eigenvalue weighted by Gasteiger charge is 2.24. The number of benzene rings is 1. The fraction of sp³-hybridized carbons (Fsp3) is 0.333. The zero-order valence-electron chi connectivity index (χ0n) is 9.72. The molecule has 1 saturated heterocycles. The quantitative estimate of drug-likeness (QED) is 0.833. The monoisotopic (exact) mass is 233 g/mol. The van der Waals surface area contributed by atoms with E-state index in [1.165, 1.54) is 0 Å². The van der Waals surface area contributed by atoms with E-state index in [4.69, 9.17) is 5.73 Å². The summed E-state index contributed by atoms with van der Waals surface area (Å²) in [6.45, 7) is 2.08. The molecule has 2 N–H and O–H groups in total. The van der Waals surface area contributed by atoms with Crippen molar-refractivity contribution in [2.24, 2.45) is 5.73 Å². The molecule has 0 spiro atoms. The molecule has 0 aliphatic carbocycles. The van der Waals surface area contributed by atoms with Crippen molar-refractivity contribution in [3.63, 3.8) is 0 Å². The first kappa shape index (κ1) is 11.4. The third-order valence-electron chi connectivity index (χ3n) is 2.91. The van der Waals surface area contributed by atoms with Crippen molar-refractivity contribution in [1.82, 2.24) is 9.80 Å². The van der Waals surface area contributed by atoms with Crippen molar-refractivity contribution in [2.45, 2.75) is 6.54 Å². The standard InChI is InChI=1S/C12H15N3O2/c1-14-6-7-15(12(14)17)8-9-2-4-10(5-3-9)11(13)16/h2-5H,6-8H2,1H3,(H2,13,16). The second-order valence-corrected chi connectivity index (χ2v) is 4.19. The molecule has 1 heterocycles. The lowest BCUT2D eigenvalue weighted by Crippen LogP contribution is -2.28. The molecule has 1 aromatic rings. The van der Waals surface area contributed by atoms with Crippen molar-refractivity contribution < 1.29 is 9.59 Å². The number of nitrogens with two attached hydrogens (primary N) is 1. The van der Waals surface area contributed by atoms with Crippen LogP contribution in [0.1, 0.15) is 15.9 Å². The molecule has 17 heavy (non-hydrogen) atoms. The van der Waals surface area contributed by atoms with Crippen LogP contribution in [0, 0.1) is 0 Å². The number of nitrogens with zero attached hydrogens (tertiary/aromatic N) is 2. The zero-order valence-corrected chi connectivity index (χ0v) is 9.72. The Kier molecular flexibility index (Phi) is 2.99. The molecule has 90 valence electrons. The van der Waals surface area contributed by atoms with E-state index >= 15 is 0 Å². The van der Waals surface area contributed by atoms with E-state index in [9.17, 15) is 9.59 Å². The van der Waals surface area contributed by atoms with Crippen LogP contribution in [0.3, 0.4) is 0 Å². The maximum Gasteiger partial charge on any atom is 0.320 e. The van der Waals surface area contributed by atoms with Gasteiger partial charge in [0.1, 0.15) is 0 Å². The summed E-state index contributed by atoms with van der Waals surface area (Å²) in [6, 6.07) is 7.06. The molecule has 0 unspecified atom stereocenters. The zero-order chi connectivity index (χ0) is 12.4. The summed E-state index contributed by atoms with van der Waals surface area (Å²) in [5.41, 5.74) is 6.64. The molecule has 2 rings (SSSR count). The number of hydrogen-bond acceptors (Lipinski definition) is 2. The minimum Gasteiger partial charge on any atom is -0.366 e. The van der Waals surface area contributed by atoms with E-state index in [0.717, 1.165) is 18.7 Å². The van der Waals surface area contributed by atoms with Gasteiger partial charge in [-0.25, -0.2) is 4.79 Å². The Morgan fingerprint density at radius 2 is 1.94 bits per heavy atom. The molecule has 0 atom stereocenters. The minimum atomic E-state index is -0.437. The average Bonchev–Trinajstić information content (AvgIpc) is 2.62. The molecule has 0 saturated carbocycles. The van der Waals surface area contributed by atoms with Gasteiger partial charge >= 0.3 is 6.03 Å². The molecule has 1 fully saturated rings. The van der Waals surface area contributed by atoms with Crippen LogP contribution in [0.5, 0.6) is 0 Å². The topological polar surface area (TPSA) is 66.6 Å². The summed E-state index contributed by atoms with van der Waals surface area (Å²) in [4.78, 5) is 26.0. The highest BCUT2D eigenvalue weighted by molar-refractivity contribution is 5.92. The van der Waals surface area contributed by atoms with Crippen LogP contribution < -0.4 is 5.73 Å². The molecule has 0 aromatic heterocycles. The molecule has 0 bridgehead atoms. The van der Waals surface area contributed by atoms with Crippen LogP contribution in [0.2, 0.25) is 0 Å². The van der Waals surface area contributed by atoms with Gasteiger partial charge in [0, 0.05) is 32.2 Å². The maximum absolute atomic E-state index is 11.7. The van der Waals surface area contributed by atoms with Crippen molar-refractivity contribution in [2.75, 3.05) is 20.1 Å². The van der Waals surface area contributed by atoms with Gasteiger partial charge in [0.15, 0.2) is 0 Å². The van der Waals surface area contributed by atoms with E-state index in [-0.39, 0.29) is 6.03 Å². The molecule has 5 nitrogen and oxygen atoms in total. The van der Waals surface area contributed by atoms with Crippen LogP contribution in [-0.2, 0) is 6.54 Å². The normalized spacial score (nSPS) is 15.5. The van der Waals surface area contributed by atoms with Crippen molar-refractivity contribution in [1.29, 1.82) is 0 Å². The predicted octanol–water partition coefficient (Wildman–Crippen LogP) is 0.653. The molecule has 3 amide bonds. The van der Waals surface area contributed by atoms with E-state index in [0.29, 0.717) is 12.1 Å². The summed E-state index contributed by atoms with van der Waals surface area (Å²) in [5.74, 6) is -0.437. The largest absolute Gasteiger partial charge is 0.366 e. The number of carbonyl (C=O) groups excluding carboxylic acids is 2. The second-order valence-electron chi connectivity index (χ2n) is 4.19. The van der Waals surface area contributed by atoms with Gasteiger partial charge < -0.3 is 15.5 Å². The van der Waals surface area contributed by atoms with Gasteiger partial charge in [-0.15, -0.1) is 0 Å². The SMILES string of the molecule is CN1CCN(Cc2ccc(C(N)=O)cc2)C1=O. The first-order valence-corrected chi connectivity index (χ1v) is 5.46. The van der Waals surface area contributed by atoms with Gasteiger partial charge in [-0.1, -0.05) is 12.1 Å². The molecule has 1 aliphatic heterocycles. The fourth-order valence-corrected chi connectivity index (χ4v) is 1.84. The summed E-state index contributed by atoms with van der Waals surface area (Å²) in [6.07, 6.45) is 0. The number of hydrogen-bond donors (Lipinski definition) is 1. The summed E-state index contributed by atoms with van der Waals surface area (Å²) < 4.78 is 0. The van der Waals surface area contributed by atoms with Crippen molar-refractivity contribution >= 4 is 11.9 Å². The van der Waals surface area contributed by atoms with Crippen LogP contribution >= 0.6 is 0 Å². The third-order valence-corrected chi connectivity index (χ3v) is 2.91. The van der Waals surface area contributed by atoms with Crippen LogP contribution in [0.25, 0.3) is 0 Å². The lowest BCUT2D eigenvalue weighted by atomic mass is 10.1. The first-order valence-electron chi connectivity index (χ1n) is 5.46. The van der Waals surface area contributed by atoms with E-state index in [1.807, 2.05) is 12.1 Å². The summed E-state index contributed by atoms with van der Waals surface area (Å²) >= 11 is 0. The Morgan fingerprint density at radius 1 is 1.29 bits per heavy atom. The van der Waals surface area contributed by atoms with Crippen molar-refractivity contribution in [3.05, 3.63) is 35.4 Å². The highest BCUT2D eigenvalue weighted by Crippen LogP contribution is 2.12. The van der Waals surface area contributed by atoms with Gasteiger partial charge in [-0.2, -0.15) is 0 Å². The van der Waals surface area contributed by atoms with Crippen LogP contribution in [-0.4, -0.2) is 41.9 Å². The third kappa shape index (κ3) is 2.38. The predicted molar refractivity (Wildman–Crippen MR) is 63.4 cm³/mol. The van der Waals surface area contributed by atoms with Gasteiger partial charge in [0.05, 0.1) is 0 Å².